The van der Waals surface area contributed by atoms with Crippen LogP contribution in [-0.2, 0) is 14.7 Å². The second-order valence-corrected chi connectivity index (χ2v) is 8.63. The summed E-state index contributed by atoms with van der Waals surface area (Å²) in [6, 6.07) is 12.0. The maximum Gasteiger partial charge on any atom is -0.800 e. The quantitative estimate of drug-likeness (QED) is 0.461. The van der Waals surface area contributed by atoms with Crippen molar-refractivity contribution >= 4 is 27.9 Å². The normalized spacial score (nSPS) is 7.44. The van der Waals surface area contributed by atoms with Gasteiger partial charge in [0.15, 0.2) is 0 Å². The fourth-order valence-electron chi connectivity index (χ4n) is 0.180. The van der Waals surface area contributed by atoms with Gasteiger partial charge in [-0.1, -0.05) is 0 Å². The summed E-state index contributed by atoms with van der Waals surface area (Å²) in [4.78, 5) is 0. The fourth-order valence-corrected chi connectivity index (χ4v) is 0.180. The van der Waals surface area contributed by atoms with E-state index in [2.05, 4.69) is 24.3 Å². The molecule has 0 aromatic heterocycles. The van der Waals surface area contributed by atoms with E-state index in [0.717, 1.165) is 0 Å². The van der Waals surface area contributed by atoms with Crippen molar-refractivity contribution in [3.05, 3.63) is 30.3 Å². The van der Waals surface area contributed by atoms with Gasteiger partial charge in [0.05, 0.1) is 0 Å². The maximum absolute atomic E-state index is 4.97. The monoisotopic (exact) mass is 214 g/mol. The molecule has 0 aliphatic heterocycles. The largest absolute Gasteiger partial charge is 0.999 e. The zero-order valence-electron chi connectivity index (χ0n) is 4.21. The summed E-state index contributed by atoms with van der Waals surface area (Å²) >= 11 is -1.92. The van der Waals surface area contributed by atoms with Crippen LogP contribution in [0.5, 0.6) is 0 Å². The minimum atomic E-state index is -1.92. The third-order valence-electron chi connectivity index (χ3n) is 0.351. The van der Waals surface area contributed by atoms with E-state index in [9.17, 15) is 0 Å². The summed E-state index contributed by atoms with van der Waals surface area (Å²) < 4.78 is 0. The molecule has 0 fully saturated rings. The van der Waals surface area contributed by atoms with Gasteiger partial charge in [-0.15, -0.1) is 0 Å². The molecule has 0 radical (unpaired) electrons. The summed E-state index contributed by atoms with van der Waals surface area (Å²) in [6.07, 6.45) is 0. The molecule has 0 atom stereocenters. The molecule has 0 nitrogen and oxygen atoms in total. The van der Waals surface area contributed by atoms with E-state index >= 15 is 0 Å². The Morgan fingerprint density at radius 2 is 1.33 bits per heavy atom. The Kier molecular flexibility index (Phi) is 7.78. The standard InChI is InChI=1S/C5H.3ClH.Ti/c1-2-4-5-3-1;;;;/h1H;3*1H;/q-5;;;;+3/p-3. The number of hydrogen-bond acceptors (Lipinski definition) is 0. The summed E-state index contributed by atoms with van der Waals surface area (Å²) in [5, 5.41) is 0. The van der Waals surface area contributed by atoms with Gasteiger partial charge in [-0.2, -0.15) is 0 Å². The Morgan fingerprint density at radius 3 is 1.44 bits per heavy atom. The van der Waals surface area contributed by atoms with Crippen LogP contribution in [0.25, 0.3) is 0 Å². The predicted molar refractivity (Wildman–Crippen MR) is 34.9 cm³/mol. The Bertz CT molecular complexity index is 95.8. The molecule has 0 heterocycles. The minimum Gasteiger partial charge on any atom is -0.999 e. The first kappa shape index (κ1) is 9.93. The third kappa shape index (κ3) is 12.2. The smallest absolute Gasteiger partial charge is 0.800 e. The molecule has 0 saturated heterocycles. The van der Waals surface area contributed by atoms with E-state index in [1.165, 1.54) is 0 Å². The van der Waals surface area contributed by atoms with Crippen molar-refractivity contribution in [3.8, 4) is 0 Å². The van der Waals surface area contributed by atoms with Crippen molar-refractivity contribution in [1.82, 2.24) is 0 Å². The summed E-state index contributed by atoms with van der Waals surface area (Å²) in [7, 11) is 14.9. The van der Waals surface area contributed by atoms with E-state index < -0.39 is 14.7 Å². The maximum atomic E-state index is 4.97. The van der Waals surface area contributed by atoms with Crippen molar-refractivity contribution in [2.45, 2.75) is 0 Å². The van der Waals surface area contributed by atoms with Crippen LogP contribution >= 0.6 is 27.9 Å². The molecule has 0 unspecified atom stereocenters. The van der Waals surface area contributed by atoms with E-state index in [-0.39, 0.29) is 0 Å². The summed E-state index contributed by atoms with van der Waals surface area (Å²) in [5.74, 6) is 0. The average Bonchev–Trinajstić information content (AvgIpc) is 2.11. The molecule has 9 heavy (non-hydrogen) atoms. The number of rotatable bonds is 0. The third-order valence-corrected chi connectivity index (χ3v) is 0.351. The van der Waals surface area contributed by atoms with Crippen LogP contribution in [0.1, 0.15) is 0 Å². The topological polar surface area (TPSA) is 0 Å². The van der Waals surface area contributed by atoms with Crippen LogP contribution < -0.4 is 0 Å². The van der Waals surface area contributed by atoms with E-state index in [4.69, 9.17) is 27.9 Å². The first-order valence-electron chi connectivity index (χ1n) is 1.89. The molecule has 0 aliphatic carbocycles. The summed E-state index contributed by atoms with van der Waals surface area (Å²) in [5.41, 5.74) is 0. The van der Waals surface area contributed by atoms with Crippen LogP contribution in [0.4, 0.5) is 0 Å². The Hall–Kier alpha value is 0.934. The molecule has 0 bridgehead atoms. The number of hydrogen-bond donors (Lipinski definition) is 0. The van der Waals surface area contributed by atoms with E-state index in [0.29, 0.717) is 0 Å². The van der Waals surface area contributed by atoms with Gasteiger partial charge in [0, 0.05) is 0 Å². The zero-order chi connectivity index (χ0) is 7.11. The first-order valence-corrected chi connectivity index (χ1v) is 8.34. The molecule has 4 heteroatoms. The molecule has 1 aromatic rings. The molecular weight excluding hydrogens is 214 g/mol. The van der Waals surface area contributed by atoms with Crippen molar-refractivity contribution in [2.75, 3.05) is 0 Å². The van der Waals surface area contributed by atoms with Crippen LogP contribution in [0, 0.1) is 24.3 Å². The SMILES string of the molecule is [Cl][Ti]([Cl])[Cl].[c-]1[c-][c-][cH-][c-]1. The van der Waals surface area contributed by atoms with Crippen LogP contribution in [0.2, 0.25) is 0 Å². The van der Waals surface area contributed by atoms with Crippen molar-refractivity contribution < 1.29 is 14.7 Å². The summed E-state index contributed by atoms with van der Waals surface area (Å²) in [6.45, 7) is 0. The molecular formula is C5HCl3Ti-5. The molecule has 1 aromatic carbocycles. The Labute approximate surface area is 72.6 Å². The van der Waals surface area contributed by atoms with Crippen LogP contribution in [0.3, 0.4) is 0 Å². The molecule has 0 N–H and O–H groups in total. The van der Waals surface area contributed by atoms with Gasteiger partial charge in [0.2, 0.25) is 0 Å². The second-order valence-electron chi connectivity index (χ2n) is 0.897. The number of halogens is 3. The first-order chi connectivity index (χ1) is 4.23. The van der Waals surface area contributed by atoms with Gasteiger partial charge in [-0.25, -0.2) is 0 Å². The molecule has 51 valence electrons. The Morgan fingerprint density at radius 1 is 1.00 bits per heavy atom. The van der Waals surface area contributed by atoms with Gasteiger partial charge in [0.25, 0.3) is 0 Å². The molecule has 0 spiro atoms. The van der Waals surface area contributed by atoms with Gasteiger partial charge < -0.3 is 30.3 Å². The molecule has 0 saturated carbocycles. The van der Waals surface area contributed by atoms with Crippen molar-refractivity contribution in [1.29, 1.82) is 0 Å². The van der Waals surface area contributed by atoms with Gasteiger partial charge in [-0.3, -0.25) is 0 Å². The van der Waals surface area contributed by atoms with Gasteiger partial charge in [0.1, 0.15) is 0 Å². The van der Waals surface area contributed by atoms with Crippen LogP contribution in [0.15, 0.2) is 6.07 Å². The zero-order valence-corrected chi connectivity index (χ0v) is 8.04. The molecule has 0 amide bonds. The second kappa shape index (κ2) is 7.05. The van der Waals surface area contributed by atoms with Crippen LogP contribution in [-0.4, -0.2) is 0 Å². The van der Waals surface area contributed by atoms with E-state index in [1.54, 1.807) is 6.07 Å². The Balaban J connectivity index is 0.000000148. The minimum absolute atomic E-state index is 1.64. The fraction of sp³-hybridized carbons (Fsp3) is 0. The molecule has 1 rings (SSSR count). The van der Waals surface area contributed by atoms with Gasteiger partial charge >= 0.3 is 42.6 Å². The van der Waals surface area contributed by atoms with Gasteiger partial charge in [-0.05, 0) is 0 Å². The van der Waals surface area contributed by atoms with Crippen molar-refractivity contribution in [2.24, 2.45) is 0 Å². The van der Waals surface area contributed by atoms with Crippen molar-refractivity contribution in [3.63, 3.8) is 0 Å². The molecule has 0 aliphatic rings. The van der Waals surface area contributed by atoms with E-state index in [1.807, 2.05) is 0 Å². The average molecular weight is 215 g/mol. The predicted octanol–water partition coefficient (Wildman–Crippen LogP) is 2.67.